The number of amides is 1. The number of aliphatic hydroxyl groups excluding tert-OH is 1. The van der Waals surface area contributed by atoms with Crippen LogP contribution in [0.2, 0.25) is 0 Å². The van der Waals surface area contributed by atoms with Crippen LogP contribution in [0.1, 0.15) is 27.6 Å². The summed E-state index contributed by atoms with van der Waals surface area (Å²) >= 11 is 0. The van der Waals surface area contributed by atoms with E-state index in [0.717, 1.165) is 11.9 Å². The van der Waals surface area contributed by atoms with Gasteiger partial charge in [-0.2, -0.15) is 13.2 Å². The second-order valence-electron chi connectivity index (χ2n) is 4.38. The van der Waals surface area contributed by atoms with Gasteiger partial charge in [0.1, 0.15) is 0 Å². The molecule has 0 spiro atoms. The molecule has 0 heterocycles. The van der Waals surface area contributed by atoms with Gasteiger partial charge in [0.05, 0.1) is 6.54 Å². The Morgan fingerprint density at radius 2 is 1.65 bits per heavy atom. The molecule has 1 rings (SSSR count). The predicted molar refractivity (Wildman–Crippen MR) is 65.5 cm³/mol. The number of carbonyl (C=O) groups excluding carboxylic acids is 2. The van der Waals surface area contributed by atoms with E-state index in [-0.39, 0.29) is 11.3 Å². The van der Waals surface area contributed by atoms with Crippen molar-refractivity contribution in [1.29, 1.82) is 0 Å². The fourth-order valence-corrected chi connectivity index (χ4v) is 1.51. The Kier molecular flexibility index (Phi) is 4.88. The SMILES string of the molecule is CC(=O)c1ccc(C(=O)N(C)C[C@H](O)C(F)(F)F)cc1. The fraction of sp³-hybridized carbons (Fsp3) is 0.385. The lowest BCUT2D eigenvalue weighted by molar-refractivity contribution is -0.205. The zero-order chi connectivity index (χ0) is 15.5. The van der Waals surface area contributed by atoms with Crippen LogP contribution in [0.25, 0.3) is 0 Å². The van der Waals surface area contributed by atoms with E-state index < -0.39 is 24.7 Å². The third kappa shape index (κ3) is 4.06. The lowest BCUT2D eigenvalue weighted by Crippen LogP contribution is -2.41. The molecule has 0 aromatic heterocycles. The molecule has 0 aliphatic carbocycles. The number of rotatable bonds is 4. The molecule has 1 amide bonds. The average molecular weight is 289 g/mol. The molecule has 0 saturated carbocycles. The van der Waals surface area contributed by atoms with Crippen LogP contribution in [0.3, 0.4) is 0 Å². The van der Waals surface area contributed by atoms with Gasteiger partial charge in [-0.3, -0.25) is 9.59 Å². The van der Waals surface area contributed by atoms with Crippen molar-refractivity contribution >= 4 is 11.7 Å². The minimum atomic E-state index is -4.77. The number of halogens is 3. The van der Waals surface area contributed by atoms with E-state index in [0.29, 0.717) is 5.56 Å². The van der Waals surface area contributed by atoms with Crippen LogP contribution in [0.4, 0.5) is 13.2 Å². The molecule has 0 bridgehead atoms. The highest BCUT2D eigenvalue weighted by Crippen LogP contribution is 2.21. The van der Waals surface area contributed by atoms with E-state index >= 15 is 0 Å². The van der Waals surface area contributed by atoms with Crippen LogP contribution < -0.4 is 0 Å². The van der Waals surface area contributed by atoms with Gasteiger partial charge in [0, 0.05) is 18.2 Å². The summed E-state index contributed by atoms with van der Waals surface area (Å²) in [4.78, 5) is 23.7. The van der Waals surface area contributed by atoms with Crippen LogP contribution in [-0.4, -0.2) is 47.6 Å². The summed E-state index contributed by atoms with van der Waals surface area (Å²) in [6.07, 6.45) is -7.36. The van der Waals surface area contributed by atoms with E-state index in [2.05, 4.69) is 0 Å². The molecule has 20 heavy (non-hydrogen) atoms. The van der Waals surface area contributed by atoms with Crippen molar-refractivity contribution in [3.63, 3.8) is 0 Å². The molecule has 110 valence electrons. The number of hydrogen-bond acceptors (Lipinski definition) is 3. The first-order valence-corrected chi connectivity index (χ1v) is 5.74. The Labute approximate surface area is 113 Å². The number of alkyl halides is 3. The minimum Gasteiger partial charge on any atom is -0.382 e. The van der Waals surface area contributed by atoms with E-state index in [9.17, 15) is 22.8 Å². The highest BCUT2D eigenvalue weighted by molar-refractivity contribution is 5.97. The number of ketones is 1. The Balaban J connectivity index is 2.77. The third-order valence-corrected chi connectivity index (χ3v) is 2.71. The van der Waals surface area contributed by atoms with Crippen molar-refractivity contribution in [3.8, 4) is 0 Å². The standard InChI is InChI=1S/C13H14F3NO3/c1-8(18)9-3-5-10(6-4-9)12(20)17(2)7-11(19)13(14,15)16/h3-6,11,19H,7H2,1-2H3/t11-/m0/s1. The number of nitrogens with zero attached hydrogens (tertiary/aromatic N) is 1. The van der Waals surface area contributed by atoms with Crippen LogP contribution in [-0.2, 0) is 0 Å². The van der Waals surface area contributed by atoms with Gasteiger partial charge in [0.25, 0.3) is 5.91 Å². The van der Waals surface area contributed by atoms with Gasteiger partial charge in [-0.05, 0) is 19.1 Å². The van der Waals surface area contributed by atoms with Crippen LogP contribution >= 0.6 is 0 Å². The smallest absolute Gasteiger partial charge is 0.382 e. The zero-order valence-corrected chi connectivity index (χ0v) is 10.9. The highest BCUT2D eigenvalue weighted by Gasteiger charge is 2.39. The first-order chi connectivity index (χ1) is 9.12. The second-order valence-corrected chi connectivity index (χ2v) is 4.38. The predicted octanol–water partition coefficient (Wildman–Crippen LogP) is 1.88. The molecule has 0 radical (unpaired) electrons. The Hall–Kier alpha value is -1.89. The first kappa shape index (κ1) is 16.2. The van der Waals surface area contributed by atoms with Crippen molar-refractivity contribution in [2.75, 3.05) is 13.6 Å². The minimum absolute atomic E-state index is 0.145. The molecule has 1 aromatic carbocycles. The number of likely N-dealkylation sites (N-methyl/N-ethyl adjacent to an activating group) is 1. The van der Waals surface area contributed by atoms with E-state index in [4.69, 9.17) is 5.11 Å². The molecule has 1 N–H and O–H groups in total. The fourth-order valence-electron chi connectivity index (χ4n) is 1.51. The Bertz CT molecular complexity index is 497. The summed E-state index contributed by atoms with van der Waals surface area (Å²) < 4.78 is 36.6. The molecule has 0 aliphatic rings. The van der Waals surface area contributed by atoms with Gasteiger partial charge in [-0.1, -0.05) is 12.1 Å². The number of benzene rings is 1. The maximum absolute atomic E-state index is 12.2. The van der Waals surface area contributed by atoms with Crippen molar-refractivity contribution in [2.24, 2.45) is 0 Å². The maximum Gasteiger partial charge on any atom is 0.416 e. The van der Waals surface area contributed by atoms with Crippen LogP contribution in [0.15, 0.2) is 24.3 Å². The summed E-state index contributed by atoms with van der Waals surface area (Å²) in [5.74, 6) is -0.840. The Morgan fingerprint density at radius 1 is 1.20 bits per heavy atom. The van der Waals surface area contributed by atoms with Gasteiger partial charge in [0.15, 0.2) is 11.9 Å². The monoisotopic (exact) mass is 289 g/mol. The number of hydrogen-bond donors (Lipinski definition) is 1. The van der Waals surface area contributed by atoms with E-state index in [1.54, 1.807) is 0 Å². The van der Waals surface area contributed by atoms with Gasteiger partial charge in [-0.15, -0.1) is 0 Å². The molecule has 0 aliphatic heterocycles. The molecule has 7 heteroatoms. The topological polar surface area (TPSA) is 57.6 Å². The van der Waals surface area contributed by atoms with Crippen molar-refractivity contribution < 1.29 is 27.9 Å². The van der Waals surface area contributed by atoms with Gasteiger partial charge in [0.2, 0.25) is 0 Å². The maximum atomic E-state index is 12.2. The average Bonchev–Trinajstić information content (AvgIpc) is 2.36. The molecule has 1 aromatic rings. The number of aliphatic hydroxyl groups is 1. The number of carbonyl (C=O) groups is 2. The normalized spacial score (nSPS) is 12.9. The summed E-state index contributed by atoms with van der Waals surface area (Å²) in [7, 11) is 1.16. The molecular formula is C13H14F3NO3. The lowest BCUT2D eigenvalue weighted by atomic mass is 10.1. The van der Waals surface area contributed by atoms with Crippen LogP contribution in [0, 0.1) is 0 Å². The summed E-state index contributed by atoms with van der Waals surface area (Å²) in [6.45, 7) is 0.513. The summed E-state index contributed by atoms with van der Waals surface area (Å²) in [5, 5.41) is 8.91. The summed E-state index contributed by atoms with van der Waals surface area (Å²) in [5.41, 5.74) is 0.548. The first-order valence-electron chi connectivity index (χ1n) is 5.74. The molecule has 0 unspecified atom stereocenters. The van der Waals surface area contributed by atoms with Gasteiger partial charge in [-0.25, -0.2) is 0 Å². The second kappa shape index (κ2) is 6.04. The zero-order valence-electron chi connectivity index (χ0n) is 10.9. The third-order valence-electron chi connectivity index (χ3n) is 2.71. The number of Topliss-reactive ketones (excluding diaryl/α,β-unsaturated/α-hetero) is 1. The molecule has 1 atom stereocenters. The molecule has 4 nitrogen and oxygen atoms in total. The molecule has 0 fully saturated rings. The van der Waals surface area contributed by atoms with Crippen molar-refractivity contribution in [1.82, 2.24) is 4.90 Å². The highest BCUT2D eigenvalue weighted by atomic mass is 19.4. The van der Waals surface area contributed by atoms with Crippen molar-refractivity contribution in [3.05, 3.63) is 35.4 Å². The van der Waals surface area contributed by atoms with E-state index in [1.807, 2.05) is 0 Å². The summed E-state index contributed by atoms with van der Waals surface area (Å²) in [6, 6.07) is 5.55. The molecule has 0 saturated heterocycles. The van der Waals surface area contributed by atoms with Crippen molar-refractivity contribution in [2.45, 2.75) is 19.2 Å². The lowest BCUT2D eigenvalue weighted by Gasteiger charge is -2.22. The van der Waals surface area contributed by atoms with Gasteiger partial charge < -0.3 is 10.0 Å². The Morgan fingerprint density at radius 3 is 2.05 bits per heavy atom. The van der Waals surface area contributed by atoms with Crippen LogP contribution in [0.5, 0.6) is 0 Å². The largest absolute Gasteiger partial charge is 0.416 e. The quantitative estimate of drug-likeness (QED) is 0.861. The van der Waals surface area contributed by atoms with E-state index in [1.165, 1.54) is 31.2 Å². The molecular weight excluding hydrogens is 275 g/mol. The van der Waals surface area contributed by atoms with Gasteiger partial charge >= 0.3 is 6.18 Å².